The fourth-order valence-electron chi connectivity index (χ4n) is 0.890. The molecule has 0 N–H and O–H groups in total. The van der Waals surface area contributed by atoms with Crippen molar-refractivity contribution in [3.05, 3.63) is 40.3 Å². The Bertz CT molecular complexity index is 287. The van der Waals surface area contributed by atoms with Gasteiger partial charge in [-0.1, -0.05) is 30.2 Å². The summed E-state index contributed by atoms with van der Waals surface area (Å²) < 4.78 is 0. The van der Waals surface area contributed by atoms with Crippen molar-refractivity contribution < 1.29 is 0 Å². The second-order valence-corrected chi connectivity index (χ2v) is 2.21. The minimum Gasteiger partial charge on any atom is -0.0615 e. The first-order valence-corrected chi connectivity index (χ1v) is 3.51. The maximum atomic E-state index is 8.14. The molecule has 11 heavy (non-hydrogen) atoms. The third-order valence-electron chi connectivity index (χ3n) is 1.48. The normalized spacial score (nSPS) is 8.82. The highest BCUT2D eigenvalue weighted by Crippen LogP contribution is 2.13. The van der Waals surface area contributed by atoms with Crippen molar-refractivity contribution in [2.24, 2.45) is 5.11 Å². The van der Waals surface area contributed by atoms with Crippen LogP contribution in [0.3, 0.4) is 0 Å². The number of hydrogen-bond donors (Lipinski definition) is 0. The number of hydrogen-bond acceptors (Lipinski definition) is 1. The van der Waals surface area contributed by atoms with E-state index in [2.05, 4.69) is 16.9 Å². The van der Waals surface area contributed by atoms with Gasteiger partial charge in [-0.3, -0.25) is 0 Å². The summed E-state index contributed by atoms with van der Waals surface area (Å²) in [7, 11) is 0. The Morgan fingerprint density at radius 2 is 2.36 bits per heavy atom. The molecule has 1 aromatic rings. The molecule has 56 valence electrons. The molecule has 0 heterocycles. The van der Waals surface area contributed by atoms with E-state index in [4.69, 9.17) is 5.53 Å². The molecule has 0 radical (unpaired) electrons. The van der Waals surface area contributed by atoms with Gasteiger partial charge in [0.05, 0.1) is 0 Å². The lowest BCUT2D eigenvalue weighted by molar-refractivity contribution is 1.14. The molecule has 1 aromatic carbocycles. The van der Waals surface area contributed by atoms with Crippen LogP contribution in [-0.4, -0.2) is 0 Å². The van der Waals surface area contributed by atoms with Crippen molar-refractivity contribution in [3.63, 3.8) is 0 Å². The summed E-state index contributed by atoms with van der Waals surface area (Å²) in [4.78, 5) is 2.71. The molecule has 0 aliphatic rings. The number of benzene rings is 1. The highest BCUT2D eigenvalue weighted by molar-refractivity contribution is 5.39. The van der Waals surface area contributed by atoms with Crippen molar-refractivity contribution in [2.75, 3.05) is 0 Å². The molecule has 0 aliphatic heterocycles. The Morgan fingerprint density at radius 1 is 1.55 bits per heavy atom. The largest absolute Gasteiger partial charge is 0.0615 e. The van der Waals surface area contributed by atoms with Crippen molar-refractivity contribution in [2.45, 2.75) is 13.3 Å². The van der Waals surface area contributed by atoms with Gasteiger partial charge in [0, 0.05) is 10.6 Å². The molecule has 0 spiro atoms. The van der Waals surface area contributed by atoms with Crippen molar-refractivity contribution in [1.29, 1.82) is 0 Å². The van der Waals surface area contributed by atoms with Crippen LogP contribution in [0.25, 0.3) is 10.4 Å². The van der Waals surface area contributed by atoms with Crippen LogP contribution >= 0.6 is 0 Å². The highest BCUT2D eigenvalue weighted by atomic mass is 15.1. The SMILES string of the molecule is CCc1cccc(N=[N+]=[N-])c1. The summed E-state index contributed by atoms with van der Waals surface area (Å²) in [6, 6.07) is 7.58. The van der Waals surface area contributed by atoms with Gasteiger partial charge in [0.25, 0.3) is 0 Å². The van der Waals surface area contributed by atoms with Crippen LogP contribution in [0, 0.1) is 0 Å². The van der Waals surface area contributed by atoms with Crippen LogP contribution in [0.4, 0.5) is 5.69 Å². The molecule has 0 unspecified atom stereocenters. The average Bonchev–Trinajstić information content (AvgIpc) is 2.06. The Morgan fingerprint density at radius 3 is 3.00 bits per heavy atom. The average molecular weight is 147 g/mol. The van der Waals surface area contributed by atoms with Crippen molar-refractivity contribution in [1.82, 2.24) is 0 Å². The molecule has 3 heteroatoms. The molecule has 1 rings (SSSR count). The van der Waals surface area contributed by atoms with Gasteiger partial charge in [-0.05, 0) is 23.6 Å². The standard InChI is InChI=1S/C8H9N3/c1-2-7-4-3-5-8(6-7)10-11-9/h3-6H,2H2,1H3. The van der Waals surface area contributed by atoms with E-state index in [9.17, 15) is 0 Å². The second-order valence-electron chi connectivity index (χ2n) is 2.21. The van der Waals surface area contributed by atoms with E-state index in [1.54, 1.807) is 6.07 Å². The predicted octanol–water partition coefficient (Wildman–Crippen LogP) is 3.19. The summed E-state index contributed by atoms with van der Waals surface area (Å²) in [6.45, 7) is 2.06. The van der Waals surface area contributed by atoms with Gasteiger partial charge in [0.15, 0.2) is 0 Å². The van der Waals surface area contributed by atoms with Gasteiger partial charge in [0.1, 0.15) is 0 Å². The molecule has 0 aromatic heterocycles. The molecule has 0 saturated carbocycles. The summed E-state index contributed by atoms with van der Waals surface area (Å²) in [5, 5.41) is 3.50. The Kier molecular flexibility index (Phi) is 2.53. The van der Waals surface area contributed by atoms with E-state index >= 15 is 0 Å². The molecule has 0 aliphatic carbocycles. The topological polar surface area (TPSA) is 48.8 Å². The molecule has 0 amide bonds. The Labute approximate surface area is 65.3 Å². The minimum atomic E-state index is 0.687. The monoisotopic (exact) mass is 147 g/mol. The van der Waals surface area contributed by atoms with Crippen LogP contribution in [0.2, 0.25) is 0 Å². The Hall–Kier alpha value is -1.47. The van der Waals surface area contributed by atoms with E-state index in [1.165, 1.54) is 5.56 Å². The van der Waals surface area contributed by atoms with Gasteiger partial charge >= 0.3 is 0 Å². The first-order chi connectivity index (χ1) is 5.36. The van der Waals surface area contributed by atoms with Crippen LogP contribution in [0.5, 0.6) is 0 Å². The van der Waals surface area contributed by atoms with Crippen LogP contribution in [-0.2, 0) is 6.42 Å². The van der Waals surface area contributed by atoms with Gasteiger partial charge in [-0.25, -0.2) is 0 Å². The number of nitrogens with zero attached hydrogens (tertiary/aromatic N) is 3. The predicted molar refractivity (Wildman–Crippen MR) is 44.6 cm³/mol. The summed E-state index contributed by atoms with van der Waals surface area (Å²) in [5.74, 6) is 0. The van der Waals surface area contributed by atoms with Crippen LogP contribution < -0.4 is 0 Å². The summed E-state index contributed by atoms with van der Waals surface area (Å²) in [5.41, 5.74) is 10.0. The van der Waals surface area contributed by atoms with E-state index in [0.29, 0.717) is 5.69 Å². The van der Waals surface area contributed by atoms with E-state index in [1.807, 2.05) is 18.2 Å². The van der Waals surface area contributed by atoms with E-state index < -0.39 is 0 Å². The fraction of sp³-hybridized carbons (Fsp3) is 0.250. The summed E-state index contributed by atoms with van der Waals surface area (Å²) in [6.07, 6.45) is 0.967. The van der Waals surface area contributed by atoms with Gasteiger partial charge < -0.3 is 0 Å². The summed E-state index contributed by atoms with van der Waals surface area (Å²) >= 11 is 0. The van der Waals surface area contributed by atoms with E-state index in [-0.39, 0.29) is 0 Å². The first-order valence-electron chi connectivity index (χ1n) is 3.51. The minimum absolute atomic E-state index is 0.687. The maximum absolute atomic E-state index is 8.14. The van der Waals surface area contributed by atoms with Gasteiger partial charge in [-0.2, -0.15) is 0 Å². The maximum Gasteiger partial charge on any atom is 0.0378 e. The third kappa shape index (κ3) is 1.99. The lowest BCUT2D eigenvalue weighted by Gasteiger charge is -1.95. The Balaban J connectivity index is 3.00. The molecule has 0 fully saturated rings. The molecular weight excluding hydrogens is 138 g/mol. The third-order valence-corrected chi connectivity index (χ3v) is 1.48. The van der Waals surface area contributed by atoms with Crippen LogP contribution in [0.15, 0.2) is 29.4 Å². The highest BCUT2D eigenvalue weighted by Gasteiger charge is 1.89. The molecule has 3 nitrogen and oxygen atoms in total. The second kappa shape index (κ2) is 3.64. The lowest BCUT2D eigenvalue weighted by Crippen LogP contribution is -1.75. The van der Waals surface area contributed by atoms with Gasteiger partial charge in [0.2, 0.25) is 0 Å². The zero-order valence-corrected chi connectivity index (χ0v) is 6.36. The first kappa shape index (κ1) is 7.63. The van der Waals surface area contributed by atoms with Gasteiger partial charge in [-0.15, -0.1) is 0 Å². The fourth-order valence-corrected chi connectivity index (χ4v) is 0.890. The number of rotatable bonds is 2. The quantitative estimate of drug-likeness (QED) is 0.350. The molecule has 0 saturated heterocycles. The number of azide groups is 1. The molecular formula is C8H9N3. The molecule has 0 bridgehead atoms. The zero-order chi connectivity index (χ0) is 8.10. The van der Waals surface area contributed by atoms with Crippen molar-refractivity contribution >= 4 is 5.69 Å². The lowest BCUT2D eigenvalue weighted by atomic mass is 10.1. The smallest absolute Gasteiger partial charge is 0.0378 e. The zero-order valence-electron chi connectivity index (χ0n) is 6.36. The van der Waals surface area contributed by atoms with E-state index in [0.717, 1.165) is 6.42 Å². The molecule has 0 atom stereocenters. The number of aryl methyl sites for hydroxylation is 1. The van der Waals surface area contributed by atoms with Crippen LogP contribution in [0.1, 0.15) is 12.5 Å². The van der Waals surface area contributed by atoms with Crippen molar-refractivity contribution in [3.8, 4) is 0 Å².